The largest absolute Gasteiger partial charge is 0.325 e. The summed E-state index contributed by atoms with van der Waals surface area (Å²) >= 11 is 0. The van der Waals surface area contributed by atoms with Gasteiger partial charge in [-0.1, -0.05) is 18.6 Å². The Bertz CT molecular complexity index is 654. The van der Waals surface area contributed by atoms with E-state index in [0.717, 1.165) is 25.8 Å². The molecule has 122 valence electrons. The lowest BCUT2D eigenvalue weighted by atomic mass is 9.92. The lowest BCUT2D eigenvalue weighted by Gasteiger charge is -2.24. The molecule has 23 heavy (non-hydrogen) atoms. The van der Waals surface area contributed by atoms with Gasteiger partial charge >= 0.3 is 6.03 Å². The monoisotopic (exact) mass is 316 g/mol. The lowest BCUT2D eigenvalue weighted by Crippen LogP contribution is -2.43. The quantitative estimate of drug-likeness (QED) is 0.620. The van der Waals surface area contributed by atoms with E-state index in [9.17, 15) is 14.4 Å². The second-order valence-corrected chi connectivity index (χ2v) is 6.11. The van der Waals surface area contributed by atoms with Crippen molar-refractivity contribution in [2.45, 2.75) is 37.8 Å². The zero-order valence-corrected chi connectivity index (χ0v) is 12.9. The van der Waals surface area contributed by atoms with E-state index in [1.807, 2.05) is 0 Å². The number of benzene rings is 1. The molecule has 0 saturated carbocycles. The first kappa shape index (κ1) is 15.5. The van der Waals surface area contributed by atoms with Crippen molar-refractivity contribution < 1.29 is 14.4 Å². The summed E-state index contributed by atoms with van der Waals surface area (Å²) in [4.78, 5) is 35.7. The van der Waals surface area contributed by atoms with Crippen molar-refractivity contribution in [2.75, 3.05) is 11.9 Å². The summed E-state index contributed by atoms with van der Waals surface area (Å²) in [6, 6.07) is 6.28. The SMILES string of the molecule is CC1(c2cccc(NC(=O)C3CCCCN3)c2)NC(=O)NC1=O. The molecular weight excluding hydrogens is 296 g/mol. The third-order valence-corrected chi connectivity index (χ3v) is 4.38. The topological polar surface area (TPSA) is 99.3 Å². The van der Waals surface area contributed by atoms with E-state index < -0.39 is 17.5 Å². The molecule has 2 unspecified atom stereocenters. The molecule has 2 saturated heterocycles. The summed E-state index contributed by atoms with van der Waals surface area (Å²) < 4.78 is 0. The molecule has 4 N–H and O–H groups in total. The number of nitrogens with one attached hydrogen (secondary N) is 4. The fourth-order valence-electron chi connectivity index (χ4n) is 2.96. The fourth-order valence-corrected chi connectivity index (χ4v) is 2.96. The van der Waals surface area contributed by atoms with E-state index in [2.05, 4.69) is 21.3 Å². The maximum Gasteiger partial charge on any atom is 0.322 e. The second kappa shape index (κ2) is 6.00. The standard InChI is InChI=1S/C16H20N4O3/c1-16(14(22)19-15(23)20-16)10-5-4-6-11(9-10)18-13(21)12-7-2-3-8-17-12/h4-6,9,12,17H,2-3,7-8H2,1H3,(H,18,21)(H2,19,20,22,23). The van der Waals surface area contributed by atoms with Gasteiger partial charge in [0.2, 0.25) is 5.91 Å². The molecule has 7 nitrogen and oxygen atoms in total. The van der Waals surface area contributed by atoms with E-state index in [1.54, 1.807) is 31.2 Å². The first-order valence-electron chi connectivity index (χ1n) is 7.77. The van der Waals surface area contributed by atoms with E-state index in [4.69, 9.17) is 0 Å². The van der Waals surface area contributed by atoms with E-state index >= 15 is 0 Å². The van der Waals surface area contributed by atoms with Crippen molar-refractivity contribution in [1.82, 2.24) is 16.0 Å². The number of hydrogen-bond acceptors (Lipinski definition) is 4. The average molecular weight is 316 g/mol. The Balaban J connectivity index is 1.76. The summed E-state index contributed by atoms with van der Waals surface area (Å²) in [5.74, 6) is -0.480. The first-order valence-corrected chi connectivity index (χ1v) is 7.77. The number of anilines is 1. The number of carbonyl (C=O) groups is 3. The van der Waals surface area contributed by atoms with Gasteiger partial charge in [0.05, 0.1) is 6.04 Å². The number of hydrogen-bond donors (Lipinski definition) is 4. The number of amides is 4. The van der Waals surface area contributed by atoms with Crippen LogP contribution in [0.15, 0.2) is 24.3 Å². The van der Waals surface area contributed by atoms with Crippen LogP contribution in [0.5, 0.6) is 0 Å². The molecule has 0 bridgehead atoms. The van der Waals surface area contributed by atoms with Crippen LogP contribution in [0.1, 0.15) is 31.7 Å². The third-order valence-electron chi connectivity index (χ3n) is 4.38. The predicted molar refractivity (Wildman–Crippen MR) is 84.7 cm³/mol. The number of rotatable bonds is 3. The van der Waals surface area contributed by atoms with Crippen molar-refractivity contribution >= 4 is 23.5 Å². The minimum atomic E-state index is -1.12. The van der Waals surface area contributed by atoms with E-state index in [0.29, 0.717) is 11.3 Å². The van der Waals surface area contributed by atoms with Gasteiger partial charge in [0.1, 0.15) is 5.54 Å². The molecule has 0 spiro atoms. The highest BCUT2D eigenvalue weighted by Gasteiger charge is 2.43. The smallest absolute Gasteiger partial charge is 0.322 e. The molecule has 3 rings (SSSR count). The Morgan fingerprint density at radius 2 is 2.13 bits per heavy atom. The minimum absolute atomic E-state index is 0.0769. The van der Waals surface area contributed by atoms with Crippen LogP contribution in [0, 0.1) is 0 Å². The molecule has 1 aromatic carbocycles. The van der Waals surface area contributed by atoms with Crippen LogP contribution in [0.4, 0.5) is 10.5 Å². The lowest BCUT2D eigenvalue weighted by molar-refractivity contribution is -0.123. The molecular formula is C16H20N4O3. The average Bonchev–Trinajstić information content (AvgIpc) is 2.82. The summed E-state index contributed by atoms with van der Waals surface area (Å²) in [7, 11) is 0. The van der Waals surface area contributed by atoms with E-state index in [1.165, 1.54) is 0 Å². The molecule has 2 fully saturated rings. The summed E-state index contributed by atoms with van der Waals surface area (Å²) in [5, 5.41) is 10.9. The van der Waals surface area contributed by atoms with Crippen LogP contribution in [-0.4, -0.2) is 30.4 Å². The normalized spacial score (nSPS) is 27.3. The van der Waals surface area contributed by atoms with Gasteiger partial charge in [-0.3, -0.25) is 14.9 Å². The highest BCUT2D eigenvalue weighted by molar-refractivity contribution is 6.07. The van der Waals surface area contributed by atoms with Crippen molar-refractivity contribution in [2.24, 2.45) is 0 Å². The molecule has 7 heteroatoms. The molecule has 2 aliphatic rings. The molecule has 0 aromatic heterocycles. The van der Waals surface area contributed by atoms with Gasteiger partial charge in [-0.15, -0.1) is 0 Å². The Kier molecular flexibility index (Phi) is 4.04. The molecule has 4 amide bonds. The Morgan fingerprint density at radius 3 is 2.78 bits per heavy atom. The Morgan fingerprint density at radius 1 is 1.30 bits per heavy atom. The molecule has 0 aliphatic carbocycles. The van der Waals surface area contributed by atoms with Gasteiger partial charge in [0.15, 0.2) is 0 Å². The highest BCUT2D eigenvalue weighted by atomic mass is 16.2. The van der Waals surface area contributed by atoms with Crippen molar-refractivity contribution in [3.8, 4) is 0 Å². The van der Waals surface area contributed by atoms with Crippen LogP contribution in [-0.2, 0) is 15.1 Å². The zero-order valence-electron chi connectivity index (χ0n) is 12.9. The molecule has 2 atom stereocenters. The number of carbonyl (C=O) groups excluding carboxylic acids is 3. The predicted octanol–water partition coefficient (Wildman–Crippen LogP) is 0.822. The number of piperidine rings is 1. The summed E-state index contributed by atoms with van der Waals surface area (Å²) in [6.45, 7) is 2.49. The van der Waals surface area contributed by atoms with Crippen LogP contribution in [0.2, 0.25) is 0 Å². The Hall–Kier alpha value is -2.41. The Labute approximate surface area is 134 Å². The molecule has 0 radical (unpaired) electrons. The number of urea groups is 1. The number of imide groups is 1. The van der Waals surface area contributed by atoms with E-state index in [-0.39, 0.29) is 11.9 Å². The fraction of sp³-hybridized carbons (Fsp3) is 0.438. The molecule has 1 aromatic rings. The minimum Gasteiger partial charge on any atom is -0.325 e. The van der Waals surface area contributed by atoms with Crippen LogP contribution in [0.25, 0.3) is 0 Å². The van der Waals surface area contributed by atoms with Crippen LogP contribution >= 0.6 is 0 Å². The third kappa shape index (κ3) is 3.05. The summed E-state index contributed by atoms with van der Waals surface area (Å²) in [6.07, 6.45) is 2.95. The first-order chi connectivity index (χ1) is 11.0. The maximum atomic E-state index is 12.3. The van der Waals surface area contributed by atoms with Gasteiger partial charge in [0, 0.05) is 5.69 Å². The van der Waals surface area contributed by atoms with Crippen molar-refractivity contribution in [1.29, 1.82) is 0 Å². The van der Waals surface area contributed by atoms with Gasteiger partial charge in [-0.25, -0.2) is 4.79 Å². The molecule has 2 heterocycles. The van der Waals surface area contributed by atoms with Gasteiger partial charge in [-0.05, 0) is 44.0 Å². The van der Waals surface area contributed by atoms with Gasteiger partial charge in [0.25, 0.3) is 5.91 Å². The van der Waals surface area contributed by atoms with Crippen molar-refractivity contribution in [3.05, 3.63) is 29.8 Å². The van der Waals surface area contributed by atoms with Gasteiger partial charge in [-0.2, -0.15) is 0 Å². The van der Waals surface area contributed by atoms with Crippen LogP contribution < -0.4 is 21.3 Å². The van der Waals surface area contributed by atoms with Gasteiger partial charge < -0.3 is 16.0 Å². The molecule has 2 aliphatic heterocycles. The maximum absolute atomic E-state index is 12.3. The second-order valence-electron chi connectivity index (χ2n) is 6.11. The zero-order chi connectivity index (χ0) is 16.4. The van der Waals surface area contributed by atoms with Crippen molar-refractivity contribution in [3.63, 3.8) is 0 Å². The highest BCUT2D eigenvalue weighted by Crippen LogP contribution is 2.26. The summed E-state index contributed by atoms with van der Waals surface area (Å²) in [5.41, 5.74) is 0.103. The van der Waals surface area contributed by atoms with Crippen LogP contribution in [0.3, 0.4) is 0 Å².